The topological polar surface area (TPSA) is 41.1 Å². The third-order valence-corrected chi connectivity index (χ3v) is 3.48. The molecule has 0 saturated carbocycles. The molecule has 2 rings (SSSR count). The zero-order valence-electron chi connectivity index (χ0n) is 12.4. The number of aryl methyl sites for hydroxylation is 1. The molecule has 2 aromatic carbocycles. The fraction of sp³-hybridized carbons (Fsp3) is 0.235. The first kappa shape index (κ1) is 15.0. The van der Waals surface area contributed by atoms with E-state index in [9.17, 15) is 9.18 Å². The molecule has 0 radical (unpaired) electrons. The van der Waals surface area contributed by atoms with Gasteiger partial charge in [-0.3, -0.25) is 4.79 Å². The molecule has 0 saturated heterocycles. The third-order valence-electron chi connectivity index (χ3n) is 3.48. The summed E-state index contributed by atoms with van der Waals surface area (Å²) in [6.45, 7) is 3.83. The first-order valence-corrected chi connectivity index (χ1v) is 6.86. The minimum Gasteiger partial charge on any atom is -0.388 e. The number of hydrogen-bond acceptors (Lipinski definition) is 2. The van der Waals surface area contributed by atoms with Crippen LogP contribution in [0.4, 0.5) is 10.1 Å². The van der Waals surface area contributed by atoms with Crippen LogP contribution in [0.25, 0.3) is 0 Å². The number of halogens is 1. The molecule has 0 bridgehead atoms. The summed E-state index contributed by atoms with van der Waals surface area (Å²) in [7, 11) is 1.85. The lowest BCUT2D eigenvalue weighted by Crippen LogP contribution is -2.26. The second-order valence-electron chi connectivity index (χ2n) is 5.03. The average molecular weight is 286 g/mol. The van der Waals surface area contributed by atoms with Gasteiger partial charge in [0.25, 0.3) is 5.91 Å². The van der Waals surface area contributed by atoms with Crippen molar-refractivity contribution in [1.29, 1.82) is 0 Å². The molecular weight excluding hydrogens is 267 g/mol. The van der Waals surface area contributed by atoms with E-state index in [0.717, 1.165) is 16.8 Å². The number of amides is 1. The van der Waals surface area contributed by atoms with Gasteiger partial charge in [-0.05, 0) is 55.3 Å². The fourth-order valence-electron chi connectivity index (χ4n) is 2.20. The van der Waals surface area contributed by atoms with Gasteiger partial charge in [0, 0.05) is 18.3 Å². The van der Waals surface area contributed by atoms with Crippen molar-refractivity contribution >= 4 is 11.6 Å². The third kappa shape index (κ3) is 3.60. The Balaban J connectivity index is 2.10. The monoisotopic (exact) mass is 286 g/mol. The molecule has 0 aromatic heterocycles. The molecule has 0 fully saturated rings. The summed E-state index contributed by atoms with van der Waals surface area (Å²) in [5.41, 5.74) is 3.49. The largest absolute Gasteiger partial charge is 0.388 e. The van der Waals surface area contributed by atoms with Crippen molar-refractivity contribution in [1.82, 2.24) is 5.32 Å². The molecular formula is C17H19FN2O. The Morgan fingerprint density at radius 1 is 1.14 bits per heavy atom. The predicted octanol–water partition coefficient (Wildman–Crippen LogP) is 3.67. The van der Waals surface area contributed by atoms with E-state index < -0.39 is 0 Å². The van der Waals surface area contributed by atoms with Crippen molar-refractivity contribution in [3.05, 3.63) is 65.0 Å². The maximum Gasteiger partial charge on any atom is 0.251 e. The van der Waals surface area contributed by atoms with Crippen LogP contribution in [0.3, 0.4) is 0 Å². The molecule has 0 aliphatic carbocycles. The summed E-state index contributed by atoms with van der Waals surface area (Å²) in [5, 5.41) is 5.98. The van der Waals surface area contributed by atoms with E-state index in [4.69, 9.17) is 0 Å². The lowest BCUT2D eigenvalue weighted by Gasteiger charge is -2.15. The normalized spacial score (nSPS) is 11.8. The van der Waals surface area contributed by atoms with Crippen LogP contribution >= 0.6 is 0 Å². The van der Waals surface area contributed by atoms with Gasteiger partial charge in [-0.2, -0.15) is 0 Å². The van der Waals surface area contributed by atoms with E-state index in [2.05, 4.69) is 10.6 Å². The SMILES string of the molecule is CNc1ccc(C(=O)NC(C)c2ccc(F)cc2)cc1C. The van der Waals surface area contributed by atoms with Crippen LogP contribution < -0.4 is 10.6 Å². The molecule has 1 atom stereocenters. The van der Waals surface area contributed by atoms with Gasteiger partial charge < -0.3 is 10.6 Å². The first-order chi connectivity index (χ1) is 10.0. The van der Waals surface area contributed by atoms with E-state index in [1.165, 1.54) is 12.1 Å². The maximum absolute atomic E-state index is 12.9. The number of carbonyl (C=O) groups excluding carboxylic acids is 1. The molecule has 0 spiro atoms. The quantitative estimate of drug-likeness (QED) is 0.900. The van der Waals surface area contributed by atoms with Crippen LogP contribution in [0.2, 0.25) is 0 Å². The molecule has 0 heterocycles. The summed E-state index contributed by atoms with van der Waals surface area (Å²) in [6.07, 6.45) is 0. The number of hydrogen-bond donors (Lipinski definition) is 2. The van der Waals surface area contributed by atoms with Crippen molar-refractivity contribution in [3.63, 3.8) is 0 Å². The van der Waals surface area contributed by atoms with Crippen LogP contribution in [-0.4, -0.2) is 13.0 Å². The Bertz CT molecular complexity index is 638. The van der Waals surface area contributed by atoms with E-state index in [1.807, 2.05) is 33.0 Å². The molecule has 21 heavy (non-hydrogen) atoms. The maximum atomic E-state index is 12.9. The van der Waals surface area contributed by atoms with Gasteiger partial charge in [-0.25, -0.2) is 4.39 Å². The average Bonchev–Trinajstić information content (AvgIpc) is 2.47. The molecule has 1 amide bonds. The second-order valence-corrected chi connectivity index (χ2v) is 5.03. The van der Waals surface area contributed by atoms with Crippen LogP contribution in [0.15, 0.2) is 42.5 Å². The highest BCUT2D eigenvalue weighted by molar-refractivity contribution is 5.95. The van der Waals surface area contributed by atoms with Crippen molar-refractivity contribution in [2.24, 2.45) is 0 Å². The van der Waals surface area contributed by atoms with Crippen LogP contribution in [0.5, 0.6) is 0 Å². The number of anilines is 1. The van der Waals surface area contributed by atoms with Gasteiger partial charge in [0.15, 0.2) is 0 Å². The summed E-state index contributed by atoms with van der Waals surface area (Å²) < 4.78 is 12.9. The van der Waals surface area contributed by atoms with Crippen molar-refractivity contribution in [2.75, 3.05) is 12.4 Å². The molecule has 0 aliphatic heterocycles. The lowest BCUT2D eigenvalue weighted by atomic mass is 10.1. The van der Waals surface area contributed by atoms with Crippen LogP contribution in [0, 0.1) is 12.7 Å². The molecule has 2 N–H and O–H groups in total. The minimum atomic E-state index is -0.282. The lowest BCUT2D eigenvalue weighted by molar-refractivity contribution is 0.0940. The highest BCUT2D eigenvalue weighted by Crippen LogP contribution is 2.17. The van der Waals surface area contributed by atoms with Gasteiger partial charge in [0.1, 0.15) is 5.82 Å². The Morgan fingerprint density at radius 3 is 2.38 bits per heavy atom. The second kappa shape index (κ2) is 6.39. The minimum absolute atomic E-state index is 0.141. The van der Waals surface area contributed by atoms with Gasteiger partial charge >= 0.3 is 0 Å². The molecule has 110 valence electrons. The van der Waals surface area contributed by atoms with Crippen LogP contribution in [0.1, 0.15) is 34.5 Å². The first-order valence-electron chi connectivity index (χ1n) is 6.86. The van der Waals surface area contributed by atoms with Crippen LogP contribution in [-0.2, 0) is 0 Å². The Labute approximate surface area is 124 Å². The molecule has 2 aromatic rings. The van der Waals surface area contributed by atoms with Gasteiger partial charge in [-0.15, -0.1) is 0 Å². The predicted molar refractivity (Wildman–Crippen MR) is 83.0 cm³/mol. The molecule has 1 unspecified atom stereocenters. The summed E-state index contributed by atoms with van der Waals surface area (Å²) in [6, 6.07) is 11.5. The number of nitrogens with one attached hydrogen (secondary N) is 2. The van der Waals surface area contributed by atoms with E-state index in [-0.39, 0.29) is 17.8 Å². The zero-order chi connectivity index (χ0) is 15.4. The van der Waals surface area contributed by atoms with Gasteiger partial charge in [0.05, 0.1) is 6.04 Å². The Morgan fingerprint density at radius 2 is 1.81 bits per heavy atom. The molecule has 3 nitrogen and oxygen atoms in total. The number of benzene rings is 2. The summed E-state index contributed by atoms with van der Waals surface area (Å²) in [5.74, 6) is -0.423. The molecule has 4 heteroatoms. The van der Waals surface area contributed by atoms with Crippen molar-refractivity contribution in [2.45, 2.75) is 19.9 Å². The van der Waals surface area contributed by atoms with Crippen molar-refractivity contribution < 1.29 is 9.18 Å². The van der Waals surface area contributed by atoms with Gasteiger partial charge in [0.2, 0.25) is 0 Å². The van der Waals surface area contributed by atoms with E-state index in [1.54, 1.807) is 18.2 Å². The zero-order valence-corrected chi connectivity index (χ0v) is 12.4. The Kier molecular flexibility index (Phi) is 4.58. The van der Waals surface area contributed by atoms with E-state index >= 15 is 0 Å². The fourth-order valence-corrected chi connectivity index (χ4v) is 2.20. The van der Waals surface area contributed by atoms with E-state index in [0.29, 0.717) is 5.56 Å². The number of carbonyl (C=O) groups is 1. The standard InChI is InChI=1S/C17H19FN2O/c1-11-10-14(6-9-16(11)19-3)17(21)20-12(2)13-4-7-15(18)8-5-13/h4-10,12,19H,1-3H3,(H,20,21). The highest BCUT2D eigenvalue weighted by atomic mass is 19.1. The summed E-state index contributed by atoms with van der Waals surface area (Å²) >= 11 is 0. The Hall–Kier alpha value is -2.36. The number of rotatable bonds is 4. The van der Waals surface area contributed by atoms with Crippen molar-refractivity contribution in [3.8, 4) is 0 Å². The van der Waals surface area contributed by atoms with Gasteiger partial charge in [-0.1, -0.05) is 12.1 Å². The smallest absolute Gasteiger partial charge is 0.251 e. The summed E-state index contributed by atoms with van der Waals surface area (Å²) in [4.78, 5) is 12.2. The molecule has 0 aliphatic rings. The highest BCUT2D eigenvalue weighted by Gasteiger charge is 2.12.